The summed E-state index contributed by atoms with van der Waals surface area (Å²) >= 11 is 0. The van der Waals surface area contributed by atoms with Crippen molar-refractivity contribution in [1.82, 2.24) is 15.1 Å². The van der Waals surface area contributed by atoms with E-state index in [0.717, 1.165) is 5.75 Å². The van der Waals surface area contributed by atoms with Crippen LogP contribution in [0.3, 0.4) is 0 Å². The number of amides is 2. The summed E-state index contributed by atoms with van der Waals surface area (Å²) in [6.07, 6.45) is -0.192. The Balaban J connectivity index is 1.67. The summed E-state index contributed by atoms with van der Waals surface area (Å²) in [7, 11) is 1.72. The van der Waals surface area contributed by atoms with Gasteiger partial charge in [0.1, 0.15) is 12.4 Å². The summed E-state index contributed by atoms with van der Waals surface area (Å²) < 4.78 is 11.2. The predicted octanol–water partition coefficient (Wildman–Crippen LogP) is 0.801. The molecule has 8 heteroatoms. The number of carbonyl (C=O) groups excluding carboxylic acids is 1. The predicted molar refractivity (Wildman–Crippen MR) is 96.5 cm³/mol. The van der Waals surface area contributed by atoms with Crippen LogP contribution in [0.25, 0.3) is 0 Å². The van der Waals surface area contributed by atoms with Crippen molar-refractivity contribution in [3.63, 3.8) is 0 Å². The van der Waals surface area contributed by atoms with E-state index in [2.05, 4.69) is 5.32 Å². The molecule has 8 nitrogen and oxygen atoms in total. The summed E-state index contributed by atoms with van der Waals surface area (Å²) in [6.45, 7) is 4.63. The van der Waals surface area contributed by atoms with Crippen molar-refractivity contribution in [2.24, 2.45) is 0 Å². The van der Waals surface area contributed by atoms with E-state index in [1.807, 2.05) is 31.2 Å². The SMILES string of the molecule is Cc1ccc(OCCNC(=O)N2CCOC(CN(C)CC(=O)O)C2)cc1. The highest BCUT2D eigenvalue weighted by molar-refractivity contribution is 5.74. The van der Waals surface area contributed by atoms with Crippen LogP contribution in [0.15, 0.2) is 24.3 Å². The van der Waals surface area contributed by atoms with Gasteiger partial charge >= 0.3 is 12.0 Å². The molecule has 0 bridgehead atoms. The molecule has 2 rings (SSSR count). The number of urea groups is 1. The minimum atomic E-state index is -0.883. The largest absolute Gasteiger partial charge is 0.492 e. The number of hydrogen-bond acceptors (Lipinski definition) is 5. The van der Waals surface area contributed by atoms with Crippen molar-refractivity contribution in [1.29, 1.82) is 0 Å². The number of nitrogens with one attached hydrogen (secondary N) is 1. The van der Waals surface area contributed by atoms with Crippen molar-refractivity contribution < 1.29 is 24.2 Å². The Labute approximate surface area is 153 Å². The highest BCUT2D eigenvalue weighted by atomic mass is 16.5. The number of hydrogen-bond donors (Lipinski definition) is 2. The lowest BCUT2D eigenvalue weighted by molar-refractivity contribution is -0.138. The first-order valence-corrected chi connectivity index (χ1v) is 8.68. The second-order valence-electron chi connectivity index (χ2n) is 6.42. The molecule has 0 aromatic heterocycles. The van der Waals surface area contributed by atoms with E-state index in [-0.39, 0.29) is 18.7 Å². The monoisotopic (exact) mass is 365 g/mol. The second-order valence-corrected chi connectivity index (χ2v) is 6.42. The zero-order chi connectivity index (χ0) is 18.9. The maximum Gasteiger partial charge on any atom is 0.317 e. The van der Waals surface area contributed by atoms with Crippen LogP contribution in [0.4, 0.5) is 4.79 Å². The van der Waals surface area contributed by atoms with Crippen molar-refractivity contribution in [2.45, 2.75) is 13.0 Å². The minimum absolute atomic E-state index is 0.0532. The fourth-order valence-corrected chi connectivity index (χ4v) is 2.73. The highest BCUT2D eigenvalue weighted by Crippen LogP contribution is 2.11. The van der Waals surface area contributed by atoms with E-state index < -0.39 is 5.97 Å². The third-order valence-corrected chi connectivity index (χ3v) is 4.01. The van der Waals surface area contributed by atoms with Gasteiger partial charge in [0.05, 0.1) is 25.8 Å². The Hall–Kier alpha value is -2.32. The molecule has 144 valence electrons. The molecular weight excluding hydrogens is 338 g/mol. The van der Waals surface area contributed by atoms with Crippen molar-refractivity contribution in [3.05, 3.63) is 29.8 Å². The normalized spacial score (nSPS) is 17.2. The molecule has 1 aromatic rings. The molecule has 26 heavy (non-hydrogen) atoms. The van der Waals surface area contributed by atoms with Gasteiger partial charge in [-0.15, -0.1) is 0 Å². The van der Waals surface area contributed by atoms with Gasteiger partial charge in [0, 0.05) is 19.6 Å². The van der Waals surface area contributed by atoms with Gasteiger partial charge in [-0.2, -0.15) is 0 Å². The number of carboxylic acid groups (broad SMARTS) is 1. The lowest BCUT2D eigenvalue weighted by Crippen LogP contribution is -2.52. The van der Waals surface area contributed by atoms with Gasteiger partial charge in [-0.25, -0.2) is 4.79 Å². The Morgan fingerprint density at radius 2 is 2.12 bits per heavy atom. The third kappa shape index (κ3) is 6.89. The van der Waals surface area contributed by atoms with Crippen LogP contribution in [0.1, 0.15) is 5.56 Å². The molecule has 2 amide bonds. The van der Waals surface area contributed by atoms with Crippen LogP contribution in [-0.4, -0.2) is 86.0 Å². The summed E-state index contributed by atoms with van der Waals surface area (Å²) in [6, 6.07) is 7.59. The van der Waals surface area contributed by atoms with Crippen LogP contribution < -0.4 is 10.1 Å². The van der Waals surface area contributed by atoms with Crippen LogP contribution in [0.2, 0.25) is 0 Å². The average molecular weight is 365 g/mol. The van der Waals surface area contributed by atoms with E-state index >= 15 is 0 Å². The summed E-state index contributed by atoms with van der Waals surface area (Å²) in [5.41, 5.74) is 1.17. The zero-order valence-electron chi connectivity index (χ0n) is 15.3. The number of aliphatic carboxylic acids is 1. The number of ether oxygens (including phenoxy) is 2. The van der Waals surface area contributed by atoms with Crippen molar-refractivity contribution >= 4 is 12.0 Å². The maximum absolute atomic E-state index is 12.3. The summed E-state index contributed by atoms with van der Waals surface area (Å²) in [4.78, 5) is 26.3. The molecule has 1 heterocycles. The van der Waals surface area contributed by atoms with Gasteiger partial charge < -0.3 is 24.8 Å². The van der Waals surface area contributed by atoms with Crippen LogP contribution >= 0.6 is 0 Å². The number of carbonyl (C=O) groups is 2. The lowest BCUT2D eigenvalue weighted by atomic mass is 10.2. The molecule has 0 aliphatic carbocycles. The van der Waals surface area contributed by atoms with Crippen molar-refractivity contribution in [2.75, 3.05) is 53.0 Å². The van der Waals surface area contributed by atoms with Gasteiger partial charge in [0.15, 0.2) is 0 Å². The van der Waals surface area contributed by atoms with Crippen LogP contribution in [-0.2, 0) is 9.53 Å². The number of carboxylic acids is 1. The molecule has 1 aliphatic rings. The number of morpholine rings is 1. The molecule has 1 unspecified atom stereocenters. The van der Waals surface area contributed by atoms with E-state index in [1.54, 1.807) is 16.8 Å². The first kappa shape index (κ1) is 20.0. The standard InChI is InChI=1S/C18H27N3O5/c1-14-3-5-15(6-4-14)25-9-7-19-18(24)21-8-10-26-16(12-21)11-20(2)13-17(22)23/h3-6,16H,7-13H2,1-2H3,(H,19,24)(H,22,23). The second kappa shape index (κ2) is 9.98. The van der Waals surface area contributed by atoms with Crippen LogP contribution in [0.5, 0.6) is 5.75 Å². The molecule has 0 saturated carbocycles. The van der Waals surface area contributed by atoms with E-state index in [1.165, 1.54) is 5.56 Å². The number of rotatable bonds is 8. The first-order chi connectivity index (χ1) is 12.4. The smallest absolute Gasteiger partial charge is 0.317 e. The van der Waals surface area contributed by atoms with Gasteiger partial charge in [-0.05, 0) is 26.1 Å². The minimum Gasteiger partial charge on any atom is -0.492 e. The summed E-state index contributed by atoms with van der Waals surface area (Å²) in [5, 5.41) is 11.6. The molecule has 0 radical (unpaired) electrons. The fraction of sp³-hybridized carbons (Fsp3) is 0.556. The molecule has 1 aliphatic heterocycles. The quantitative estimate of drug-likeness (QED) is 0.662. The van der Waals surface area contributed by atoms with Gasteiger partial charge in [-0.3, -0.25) is 9.69 Å². The van der Waals surface area contributed by atoms with E-state index in [4.69, 9.17) is 14.6 Å². The molecule has 1 atom stereocenters. The topological polar surface area (TPSA) is 91.3 Å². The Morgan fingerprint density at radius 1 is 1.38 bits per heavy atom. The maximum atomic E-state index is 12.3. The molecule has 2 N–H and O–H groups in total. The molecule has 0 spiro atoms. The average Bonchev–Trinajstić information content (AvgIpc) is 2.59. The summed E-state index contributed by atoms with van der Waals surface area (Å²) in [5.74, 6) is -0.107. The zero-order valence-corrected chi connectivity index (χ0v) is 15.3. The number of nitrogens with zero attached hydrogens (tertiary/aromatic N) is 2. The van der Waals surface area contributed by atoms with Gasteiger partial charge in [0.25, 0.3) is 0 Å². The molecule has 1 aromatic carbocycles. The fourth-order valence-electron chi connectivity index (χ4n) is 2.73. The Morgan fingerprint density at radius 3 is 2.81 bits per heavy atom. The number of aryl methyl sites for hydroxylation is 1. The first-order valence-electron chi connectivity index (χ1n) is 8.68. The van der Waals surface area contributed by atoms with E-state index in [9.17, 15) is 9.59 Å². The van der Waals surface area contributed by atoms with Gasteiger partial charge in [0.2, 0.25) is 0 Å². The molecule has 1 fully saturated rings. The molecule has 1 saturated heterocycles. The lowest BCUT2D eigenvalue weighted by Gasteiger charge is -2.34. The third-order valence-electron chi connectivity index (χ3n) is 4.01. The highest BCUT2D eigenvalue weighted by Gasteiger charge is 2.25. The Bertz CT molecular complexity index is 593. The Kier molecular flexibility index (Phi) is 7.68. The van der Waals surface area contributed by atoms with Gasteiger partial charge in [-0.1, -0.05) is 17.7 Å². The number of likely N-dealkylation sites (N-methyl/N-ethyl adjacent to an activating group) is 1. The van der Waals surface area contributed by atoms with E-state index in [0.29, 0.717) is 39.4 Å². The van der Waals surface area contributed by atoms with Crippen LogP contribution in [0, 0.1) is 6.92 Å². The van der Waals surface area contributed by atoms with Crippen molar-refractivity contribution in [3.8, 4) is 5.75 Å². The molecular formula is C18H27N3O5. The number of benzene rings is 1.